The van der Waals surface area contributed by atoms with Crippen LogP contribution in [0.4, 0.5) is 11.8 Å². The smallest absolute Gasteiger partial charge is 0.227 e. The fourth-order valence-corrected chi connectivity index (χ4v) is 4.29. The molecule has 1 aliphatic heterocycles. The average Bonchev–Trinajstić information content (AvgIpc) is 2.85. The number of halogens is 1. The lowest BCUT2D eigenvalue weighted by Gasteiger charge is -2.35. The minimum absolute atomic E-state index is 0.729. The first kappa shape index (κ1) is 20.7. The fraction of sp³-hybridized carbons (Fsp3) is 0.231. The SMILES string of the molecule is Clc1ccccc1CN1CCN(c2nc(NCc3ccccc3)c3ccccc3n2)CC1. The molecule has 0 radical (unpaired) electrons. The van der Waals surface area contributed by atoms with Gasteiger partial charge in [0.1, 0.15) is 5.82 Å². The molecule has 0 bridgehead atoms. The van der Waals surface area contributed by atoms with Crippen molar-refractivity contribution < 1.29 is 0 Å². The van der Waals surface area contributed by atoms with Gasteiger partial charge in [0.25, 0.3) is 0 Å². The van der Waals surface area contributed by atoms with Crippen LogP contribution in [0.5, 0.6) is 0 Å². The van der Waals surface area contributed by atoms with E-state index in [4.69, 9.17) is 21.6 Å². The number of rotatable bonds is 6. The van der Waals surface area contributed by atoms with Gasteiger partial charge in [0, 0.05) is 49.7 Å². The van der Waals surface area contributed by atoms with E-state index in [1.54, 1.807) is 0 Å². The van der Waals surface area contributed by atoms with Crippen LogP contribution in [0.15, 0.2) is 78.9 Å². The highest BCUT2D eigenvalue weighted by molar-refractivity contribution is 6.31. The first-order valence-corrected chi connectivity index (χ1v) is 11.4. The third-order valence-corrected chi connectivity index (χ3v) is 6.27. The number of benzene rings is 3. The van der Waals surface area contributed by atoms with Crippen molar-refractivity contribution in [3.63, 3.8) is 0 Å². The molecule has 0 aliphatic carbocycles. The molecule has 32 heavy (non-hydrogen) atoms. The van der Waals surface area contributed by atoms with Crippen LogP contribution >= 0.6 is 11.6 Å². The lowest BCUT2D eigenvalue weighted by molar-refractivity contribution is 0.249. The van der Waals surface area contributed by atoms with E-state index >= 15 is 0 Å². The standard InChI is InChI=1S/C26H26ClN5/c27-23-12-6-4-10-21(23)19-31-14-16-32(17-15-31)26-29-24-13-7-5-11-22(24)25(30-26)28-18-20-8-2-1-3-9-20/h1-13H,14-19H2,(H,28,29,30). The average molecular weight is 444 g/mol. The number of hydrogen-bond donors (Lipinski definition) is 1. The normalized spacial score (nSPS) is 14.6. The van der Waals surface area contributed by atoms with Crippen molar-refractivity contribution >= 4 is 34.3 Å². The summed E-state index contributed by atoms with van der Waals surface area (Å²) in [4.78, 5) is 14.5. The van der Waals surface area contributed by atoms with Crippen LogP contribution in [0.25, 0.3) is 10.9 Å². The molecule has 1 saturated heterocycles. The van der Waals surface area contributed by atoms with Gasteiger partial charge >= 0.3 is 0 Å². The van der Waals surface area contributed by atoms with Crippen LogP contribution in [0.2, 0.25) is 5.02 Å². The van der Waals surface area contributed by atoms with Crippen LogP contribution < -0.4 is 10.2 Å². The summed E-state index contributed by atoms with van der Waals surface area (Å²) in [6, 6.07) is 26.7. The molecule has 0 atom stereocenters. The summed E-state index contributed by atoms with van der Waals surface area (Å²) in [5.41, 5.74) is 3.37. The van der Waals surface area contributed by atoms with Crippen molar-refractivity contribution in [2.75, 3.05) is 36.4 Å². The second-order valence-electron chi connectivity index (χ2n) is 8.08. The predicted octanol–water partition coefficient (Wildman–Crippen LogP) is 5.22. The molecule has 1 fully saturated rings. The second-order valence-corrected chi connectivity index (χ2v) is 8.49. The van der Waals surface area contributed by atoms with Gasteiger partial charge in [0.15, 0.2) is 0 Å². The van der Waals surface area contributed by atoms with Crippen molar-refractivity contribution in [3.05, 3.63) is 95.0 Å². The van der Waals surface area contributed by atoms with E-state index in [9.17, 15) is 0 Å². The van der Waals surface area contributed by atoms with Crippen molar-refractivity contribution in [3.8, 4) is 0 Å². The monoisotopic (exact) mass is 443 g/mol. The quantitative estimate of drug-likeness (QED) is 0.442. The molecule has 2 heterocycles. The highest BCUT2D eigenvalue weighted by Gasteiger charge is 2.21. The van der Waals surface area contributed by atoms with E-state index in [-0.39, 0.29) is 0 Å². The number of anilines is 2. The second kappa shape index (κ2) is 9.55. The Hall–Kier alpha value is -3.15. The van der Waals surface area contributed by atoms with E-state index < -0.39 is 0 Å². The summed E-state index contributed by atoms with van der Waals surface area (Å²) < 4.78 is 0. The van der Waals surface area contributed by atoms with Gasteiger partial charge in [-0.15, -0.1) is 0 Å². The van der Waals surface area contributed by atoms with Crippen LogP contribution in [0.3, 0.4) is 0 Å². The van der Waals surface area contributed by atoms with Crippen molar-refractivity contribution in [1.29, 1.82) is 0 Å². The third kappa shape index (κ3) is 4.69. The number of hydrogen-bond acceptors (Lipinski definition) is 5. The topological polar surface area (TPSA) is 44.3 Å². The first-order valence-electron chi connectivity index (χ1n) is 11.0. The number of para-hydroxylation sites is 1. The summed E-state index contributed by atoms with van der Waals surface area (Å²) in [6.45, 7) is 5.28. The molecular weight excluding hydrogens is 418 g/mol. The largest absolute Gasteiger partial charge is 0.365 e. The van der Waals surface area contributed by atoms with Gasteiger partial charge in [-0.1, -0.05) is 72.3 Å². The predicted molar refractivity (Wildman–Crippen MR) is 132 cm³/mol. The zero-order valence-electron chi connectivity index (χ0n) is 17.9. The minimum Gasteiger partial charge on any atom is -0.365 e. The number of aromatic nitrogens is 2. The molecule has 3 aromatic carbocycles. The highest BCUT2D eigenvalue weighted by atomic mass is 35.5. The van der Waals surface area contributed by atoms with E-state index in [0.717, 1.165) is 67.0 Å². The zero-order chi connectivity index (χ0) is 21.8. The van der Waals surface area contributed by atoms with Crippen LogP contribution in [0.1, 0.15) is 11.1 Å². The number of nitrogens with zero attached hydrogens (tertiary/aromatic N) is 4. The lowest BCUT2D eigenvalue weighted by Crippen LogP contribution is -2.46. The maximum Gasteiger partial charge on any atom is 0.227 e. The van der Waals surface area contributed by atoms with Gasteiger partial charge in [0.2, 0.25) is 5.95 Å². The summed E-state index contributed by atoms with van der Waals surface area (Å²) in [6.07, 6.45) is 0. The van der Waals surface area contributed by atoms with Crippen molar-refractivity contribution in [2.24, 2.45) is 0 Å². The number of fused-ring (bicyclic) bond motifs is 1. The van der Waals surface area contributed by atoms with E-state index in [1.165, 1.54) is 11.1 Å². The van der Waals surface area contributed by atoms with Gasteiger partial charge in [0.05, 0.1) is 5.52 Å². The lowest BCUT2D eigenvalue weighted by atomic mass is 10.2. The minimum atomic E-state index is 0.729. The van der Waals surface area contributed by atoms with Crippen molar-refractivity contribution in [1.82, 2.24) is 14.9 Å². The van der Waals surface area contributed by atoms with Gasteiger partial charge in [-0.3, -0.25) is 4.90 Å². The molecule has 0 amide bonds. The van der Waals surface area contributed by atoms with Crippen molar-refractivity contribution in [2.45, 2.75) is 13.1 Å². The molecule has 1 N–H and O–H groups in total. The zero-order valence-corrected chi connectivity index (χ0v) is 18.7. The maximum atomic E-state index is 6.35. The Morgan fingerprint density at radius 3 is 2.31 bits per heavy atom. The molecule has 5 rings (SSSR count). The Labute approximate surface area is 193 Å². The number of piperazine rings is 1. The fourth-order valence-electron chi connectivity index (χ4n) is 4.10. The third-order valence-electron chi connectivity index (χ3n) is 5.90. The summed E-state index contributed by atoms with van der Waals surface area (Å²) in [5.74, 6) is 1.67. The first-order chi connectivity index (χ1) is 15.8. The van der Waals surface area contributed by atoms with Gasteiger partial charge in [-0.25, -0.2) is 4.98 Å². The summed E-state index contributed by atoms with van der Waals surface area (Å²) >= 11 is 6.35. The molecule has 0 saturated carbocycles. The van der Waals surface area contributed by atoms with Crippen LogP contribution in [-0.2, 0) is 13.1 Å². The Morgan fingerprint density at radius 2 is 1.50 bits per heavy atom. The van der Waals surface area contributed by atoms with Gasteiger partial charge in [-0.05, 0) is 29.3 Å². The molecule has 1 aliphatic rings. The Kier molecular flexibility index (Phi) is 6.19. The molecule has 6 heteroatoms. The highest BCUT2D eigenvalue weighted by Crippen LogP contribution is 2.25. The van der Waals surface area contributed by atoms with E-state index in [2.05, 4.69) is 57.6 Å². The Balaban J connectivity index is 1.31. The summed E-state index contributed by atoms with van der Waals surface area (Å²) in [7, 11) is 0. The Morgan fingerprint density at radius 1 is 0.781 bits per heavy atom. The summed E-state index contributed by atoms with van der Waals surface area (Å²) in [5, 5.41) is 5.41. The van der Waals surface area contributed by atoms with E-state index in [0.29, 0.717) is 0 Å². The Bertz CT molecular complexity index is 1190. The number of nitrogens with one attached hydrogen (secondary N) is 1. The molecule has 5 nitrogen and oxygen atoms in total. The molecule has 162 valence electrons. The van der Waals surface area contributed by atoms with Gasteiger partial charge < -0.3 is 10.2 Å². The molecule has 1 aromatic heterocycles. The van der Waals surface area contributed by atoms with Crippen LogP contribution in [-0.4, -0.2) is 41.0 Å². The van der Waals surface area contributed by atoms with E-state index in [1.807, 2.05) is 36.4 Å². The van der Waals surface area contributed by atoms with Gasteiger partial charge in [-0.2, -0.15) is 4.98 Å². The molecular formula is C26H26ClN5. The molecule has 4 aromatic rings. The van der Waals surface area contributed by atoms with Crippen LogP contribution in [0, 0.1) is 0 Å². The molecule has 0 unspecified atom stereocenters. The maximum absolute atomic E-state index is 6.35. The molecule has 0 spiro atoms.